The summed E-state index contributed by atoms with van der Waals surface area (Å²) in [6.45, 7) is 5.67. The second kappa shape index (κ2) is 16.9. The van der Waals surface area contributed by atoms with Crippen LogP contribution in [0.2, 0.25) is 0 Å². The van der Waals surface area contributed by atoms with E-state index in [4.69, 9.17) is 41.2 Å². The number of ether oxygens (including phenoxy) is 1. The van der Waals surface area contributed by atoms with Gasteiger partial charge in [0.2, 0.25) is 0 Å². The number of amides is 2. The zero-order valence-corrected chi connectivity index (χ0v) is 30.9. The highest BCUT2D eigenvalue weighted by atomic mass is 32.3. The first-order chi connectivity index (χ1) is 25.4. The Morgan fingerprint density at radius 2 is 2.00 bits per heavy atom. The predicted octanol–water partition coefficient (Wildman–Crippen LogP) is -1.86. The second-order valence-corrected chi connectivity index (χ2v) is 14.8. The van der Waals surface area contributed by atoms with E-state index >= 15 is 0 Å². The van der Waals surface area contributed by atoms with Crippen LogP contribution in [-0.2, 0) is 45.1 Å². The lowest BCUT2D eigenvalue weighted by Gasteiger charge is -2.50. The van der Waals surface area contributed by atoms with Gasteiger partial charge < -0.3 is 52.9 Å². The van der Waals surface area contributed by atoms with Gasteiger partial charge in [-0.25, -0.2) is 9.78 Å². The SMILES string of the molecule is CC(ON=C(C(=O)NC1C(=O)N(OS(=O)(=O)O)C1(C)C)c1csc(N)n1)(C(=O)O)C1CCc2cc(C3CN=C(NC(CN)CN)NC3)ccc2O1.O=CO. The van der Waals surface area contributed by atoms with Gasteiger partial charge in [0.25, 0.3) is 23.9 Å². The molecule has 24 heteroatoms. The number of hydrogen-bond donors (Lipinski definition) is 9. The number of guanidine groups is 1. The van der Waals surface area contributed by atoms with Gasteiger partial charge in [0.15, 0.2) is 22.9 Å². The highest BCUT2D eigenvalue weighted by Gasteiger charge is 2.58. The molecular formula is C30H42N10O12S2. The lowest BCUT2D eigenvalue weighted by atomic mass is 9.84. The number of rotatable bonds is 13. The number of aryl methyl sites for hydroxylation is 1. The third-order valence-electron chi connectivity index (χ3n) is 8.86. The summed E-state index contributed by atoms with van der Waals surface area (Å²) in [5.74, 6) is -2.25. The Morgan fingerprint density at radius 1 is 1.31 bits per heavy atom. The lowest BCUT2D eigenvalue weighted by Crippen LogP contribution is -2.76. The number of carbonyl (C=O) groups is 4. The van der Waals surface area contributed by atoms with E-state index < -0.39 is 57.2 Å². The largest absolute Gasteiger partial charge is 0.485 e. The van der Waals surface area contributed by atoms with E-state index in [1.54, 1.807) is 6.07 Å². The number of aromatic nitrogens is 1. The van der Waals surface area contributed by atoms with Gasteiger partial charge in [-0.05, 0) is 50.8 Å². The van der Waals surface area contributed by atoms with Gasteiger partial charge in [-0.1, -0.05) is 17.3 Å². The number of fused-ring (bicyclic) bond motifs is 1. The summed E-state index contributed by atoms with van der Waals surface area (Å²) < 4.78 is 41.8. The molecule has 4 unspecified atom stereocenters. The maximum absolute atomic E-state index is 13.5. The average Bonchev–Trinajstić information content (AvgIpc) is 3.56. The van der Waals surface area contributed by atoms with Crippen molar-refractivity contribution in [3.8, 4) is 5.75 Å². The van der Waals surface area contributed by atoms with Crippen LogP contribution in [0.1, 0.15) is 49.9 Å². The summed E-state index contributed by atoms with van der Waals surface area (Å²) in [6, 6.07) is 4.24. The summed E-state index contributed by atoms with van der Waals surface area (Å²) in [5, 5.41) is 31.8. The van der Waals surface area contributed by atoms with Gasteiger partial charge in [0, 0.05) is 30.9 Å². The van der Waals surface area contributed by atoms with Crippen LogP contribution in [0, 0.1) is 0 Å². The van der Waals surface area contributed by atoms with Crippen LogP contribution in [0.15, 0.2) is 33.7 Å². The number of β-lactam (4-membered cyclic amide) rings is 1. The van der Waals surface area contributed by atoms with Crippen molar-refractivity contribution in [1.29, 1.82) is 0 Å². The molecule has 0 radical (unpaired) electrons. The number of benzene rings is 1. The van der Waals surface area contributed by atoms with Crippen LogP contribution < -0.4 is 37.9 Å². The first-order valence-corrected chi connectivity index (χ1v) is 18.5. The zero-order valence-electron chi connectivity index (χ0n) is 29.3. The summed E-state index contributed by atoms with van der Waals surface area (Å²) in [6.07, 6.45) is -0.373. The van der Waals surface area contributed by atoms with E-state index in [0.717, 1.165) is 22.5 Å². The molecule has 4 atom stereocenters. The van der Waals surface area contributed by atoms with E-state index in [1.165, 1.54) is 26.2 Å². The fourth-order valence-corrected chi connectivity index (χ4v) is 6.72. The number of thiazole rings is 1. The van der Waals surface area contributed by atoms with Crippen molar-refractivity contribution >= 4 is 62.8 Å². The minimum absolute atomic E-state index is 0.0608. The molecule has 54 heavy (non-hydrogen) atoms. The number of hydrogen-bond acceptors (Lipinski definition) is 18. The molecule has 1 aromatic carbocycles. The number of nitrogen functional groups attached to an aromatic ring is 1. The van der Waals surface area contributed by atoms with Crippen molar-refractivity contribution in [2.75, 3.05) is 31.9 Å². The highest BCUT2D eigenvalue weighted by Crippen LogP contribution is 2.36. The van der Waals surface area contributed by atoms with E-state index in [-0.39, 0.29) is 35.7 Å². The highest BCUT2D eigenvalue weighted by molar-refractivity contribution is 7.80. The Bertz CT molecular complexity index is 1900. The number of aliphatic imine (C=N–C) groups is 1. The Balaban J connectivity index is 0.00000209. The van der Waals surface area contributed by atoms with Crippen LogP contribution in [-0.4, -0.2) is 125 Å². The summed E-state index contributed by atoms with van der Waals surface area (Å²) in [5.41, 5.74) is 15.0. The molecule has 2 aromatic rings. The fourth-order valence-electron chi connectivity index (χ4n) is 5.72. The normalized spacial score (nSPS) is 21.7. The molecule has 1 saturated heterocycles. The standard InChI is InChI=1S/C29H40N10O10S2.CH2O2/c1-28(2)22(24(41)39(28)49-51(44,45)46)37-23(40)21(18-13-50-26(32)36-18)38-48-29(3,25(42)43)20-7-5-15-8-14(4-6-19(15)47-20)16-11-33-27(34-12-16)35-17(9-30)10-31;2-1-3/h4,6,8,13,16-17,20,22H,5,7,9-12,30-31H2,1-3H3,(H2,32,36)(H,37,40)(H,42,43)(H2,33,34,35)(H,44,45,46);1H,(H,2,3). The Labute approximate surface area is 313 Å². The topological polar surface area (TPSA) is 346 Å². The van der Waals surface area contributed by atoms with Gasteiger partial charge in [-0.3, -0.25) is 23.9 Å². The molecule has 1 fully saturated rings. The molecule has 3 aliphatic rings. The number of nitrogens with two attached hydrogens (primary N) is 3. The van der Waals surface area contributed by atoms with Crippen LogP contribution in [0.4, 0.5) is 5.13 Å². The van der Waals surface area contributed by atoms with E-state index in [2.05, 4.69) is 35.4 Å². The zero-order chi connectivity index (χ0) is 40.0. The van der Waals surface area contributed by atoms with Crippen molar-refractivity contribution < 1.29 is 56.2 Å². The Hall–Kier alpha value is -5.14. The third kappa shape index (κ3) is 9.31. The van der Waals surface area contributed by atoms with Crippen LogP contribution >= 0.6 is 11.3 Å². The number of oxime groups is 1. The van der Waals surface area contributed by atoms with Crippen molar-refractivity contribution in [1.82, 2.24) is 26.0 Å². The lowest BCUT2D eigenvalue weighted by molar-refractivity contribution is -0.218. The van der Waals surface area contributed by atoms with Crippen molar-refractivity contribution in [3.63, 3.8) is 0 Å². The number of carboxylic acid groups (broad SMARTS) is 2. The third-order valence-corrected chi connectivity index (χ3v) is 9.87. The van der Waals surface area contributed by atoms with Gasteiger partial charge in [-0.2, -0.15) is 13.5 Å². The van der Waals surface area contributed by atoms with Gasteiger partial charge in [-0.15, -0.1) is 15.6 Å². The maximum Gasteiger partial charge on any atom is 0.418 e. The molecule has 22 nitrogen and oxygen atoms in total. The molecule has 3 aliphatic heterocycles. The van der Waals surface area contributed by atoms with E-state index in [9.17, 15) is 27.9 Å². The van der Waals surface area contributed by atoms with Crippen molar-refractivity contribution in [3.05, 3.63) is 40.4 Å². The number of carboxylic acids is 1. The molecule has 0 saturated carbocycles. The Morgan fingerprint density at radius 3 is 2.54 bits per heavy atom. The number of anilines is 1. The average molecular weight is 799 g/mol. The van der Waals surface area contributed by atoms with E-state index in [1.807, 2.05) is 12.1 Å². The molecule has 1 aromatic heterocycles. The fraction of sp³-hybridized carbons (Fsp3) is 0.500. The van der Waals surface area contributed by atoms with Gasteiger partial charge >= 0.3 is 16.4 Å². The second-order valence-electron chi connectivity index (χ2n) is 12.9. The van der Waals surface area contributed by atoms with E-state index in [0.29, 0.717) is 49.4 Å². The number of hydroxylamine groups is 2. The van der Waals surface area contributed by atoms with Gasteiger partial charge in [0.05, 0.1) is 18.1 Å². The predicted molar refractivity (Wildman–Crippen MR) is 192 cm³/mol. The maximum atomic E-state index is 13.5. The molecule has 296 valence electrons. The number of nitrogens with one attached hydrogen (secondary N) is 3. The molecule has 2 amide bonds. The smallest absolute Gasteiger partial charge is 0.418 e. The summed E-state index contributed by atoms with van der Waals surface area (Å²) >= 11 is 0.968. The minimum Gasteiger partial charge on any atom is -0.485 e. The van der Waals surface area contributed by atoms with Gasteiger partial charge in [0.1, 0.15) is 17.5 Å². The van der Waals surface area contributed by atoms with Crippen LogP contribution in [0.5, 0.6) is 5.75 Å². The molecule has 12 N–H and O–H groups in total. The number of carbonyl (C=O) groups excluding carboxylic acids is 2. The molecule has 0 aliphatic carbocycles. The minimum atomic E-state index is -5.03. The molecule has 0 spiro atoms. The first kappa shape index (κ1) is 41.6. The summed E-state index contributed by atoms with van der Waals surface area (Å²) in [7, 11) is -5.03. The molecular weight excluding hydrogens is 757 g/mol. The number of nitrogens with zero attached hydrogens (tertiary/aromatic N) is 4. The summed E-state index contributed by atoms with van der Waals surface area (Å²) in [4.78, 5) is 61.4. The quantitative estimate of drug-likeness (QED) is 0.0353. The molecule has 5 rings (SSSR count). The molecule has 0 bridgehead atoms. The molecule has 4 heterocycles. The monoisotopic (exact) mass is 798 g/mol. The first-order valence-electron chi connectivity index (χ1n) is 16.2. The van der Waals surface area contributed by atoms with Crippen molar-refractivity contribution in [2.24, 2.45) is 21.6 Å². The Kier molecular flexibility index (Phi) is 13.0. The van der Waals surface area contributed by atoms with Crippen molar-refractivity contribution in [2.45, 2.75) is 68.9 Å². The van der Waals surface area contributed by atoms with Crippen LogP contribution in [0.3, 0.4) is 0 Å². The van der Waals surface area contributed by atoms with Crippen LogP contribution in [0.25, 0.3) is 0 Å². The number of aliphatic carboxylic acids is 1.